The van der Waals surface area contributed by atoms with Crippen molar-refractivity contribution >= 4 is 58.2 Å². The van der Waals surface area contributed by atoms with Crippen molar-refractivity contribution in [3.05, 3.63) is 206 Å². The van der Waals surface area contributed by atoms with Crippen LogP contribution >= 0.6 is 0 Å². The average molecular weight is 709 g/mol. The second kappa shape index (κ2) is 18.4. The molecule has 0 fully saturated rings. The molecule has 6 rings (SSSR count). The number of hydrogen-bond donors (Lipinski definition) is 0. The molecule has 266 valence electrons. The molecule has 0 aliphatic rings. The van der Waals surface area contributed by atoms with Crippen LogP contribution in [0.3, 0.4) is 0 Å². The summed E-state index contributed by atoms with van der Waals surface area (Å²) in [4.78, 5) is 27.7. The average Bonchev–Trinajstić information content (AvgIpc) is 3.22. The van der Waals surface area contributed by atoms with E-state index in [4.69, 9.17) is 9.47 Å². The van der Waals surface area contributed by atoms with Gasteiger partial charge >= 0.3 is 11.9 Å². The molecule has 0 N–H and O–H groups in total. The van der Waals surface area contributed by atoms with Gasteiger partial charge in [0, 0.05) is 46.3 Å². The maximum Gasteiger partial charge on any atom is 0.335 e. The summed E-state index contributed by atoms with van der Waals surface area (Å²) in [5.74, 6) is -0.219. The Morgan fingerprint density at radius 3 is 1.04 bits per heavy atom. The van der Waals surface area contributed by atoms with E-state index >= 15 is 0 Å². The summed E-state index contributed by atoms with van der Waals surface area (Å²) in [5, 5.41) is 0. The Morgan fingerprint density at radius 1 is 0.426 bits per heavy atom. The first-order chi connectivity index (χ1) is 26.5. The van der Waals surface area contributed by atoms with E-state index in [0.717, 1.165) is 70.2 Å². The lowest BCUT2D eigenvalue weighted by atomic mass is 10.1. The Labute approximate surface area is 316 Å². The molecule has 0 heterocycles. The van der Waals surface area contributed by atoms with E-state index in [2.05, 4.69) is 144 Å². The Balaban J connectivity index is 1.09. The smallest absolute Gasteiger partial charge is 0.335 e. The molecule has 0 radical (unpaired) electrons. The number of nitrogens with zero attached hydrogens (tertiary/aromatic N) is 2. The van der Waals surface area contributed by atoms with Crippen molar-refractivity contribution in [1.82, 2.24) is 0 Å². The fraction of sp³-hybridized carbons (Fsp3) is 0.0417. The Hall–Kier alpha value is -7.18. The Morgan fingerprint density at radius 2 is 0.722 bits per heavy atom. The fourth-order valence-corrected chi connectivity index (χ4v) is 5.79. The van der Waals surface area contributed by atoms with Crippen LogP contribution < -0.4 is 19.3 Å². The third kappa shape index (κ3) is 9.78. The molecular formula is C48H40N2O4. The monoisotopic (exact) mass is 708 g/mol. The lowest BCUT2D eigenvalue weighted by molar-refractivity contribution is -0.129. The number of carbonyl (C=O) groups excluding carboxylic acids is 2. The molecule has 0 aromatic heterocycles. The Kier molecular flexibility index (Phi) is 12.4. The SMILES string of the molecule is C=CC(=O)Oc1ccc(N(c2ccc(/C=C/CC/C=C\c3ccc(N(c4ccccc4)c4ccccc4)cc3)cc2)c2ccc(OC(=O)C=C)cc2)cc1. The van der Waals surface area contributed by atoms with Crippen LogP contribution in [0.4, 0.5) is 34.1 Å². The zero-order valence-corrected chi connectivity index (χ0v) is 29.8. The number of esters is 2. The second-order valence-corrected chi connectivity index (χ2v) is 12.1. The van der Waals surface area contributed by atoms with Gasteiger partial charge in [0.05, 0.1) is 0 Å². The molecule has 0 spiro atoms. The van der Waals surface area contributed by atoms with Crippen molar-refractivity contribution in [3.8, 4) is 11.5 Å². The molecule has 6 nitrogen and oxygen atoms in total. The summed E-state index contributed by atoms with van der Waals surface area (Å²) < 4.78 is 10.5. The second-order valence-electron chi connectivity index (χ2n) is 12.1. The van der Waals surface area contributed by atoms with Gasteiger partial charge in [0.1, 0.15) is 11.5 Å². The van der Waals surface area contributed by atoms with Crippen molar-refractivity contribution in [2.24, 2.45) is 0 Å². The highest BCUT2D eigenvalue weighted by Gasteiger charge is 2.14. The van der Waals surface area contributed by atoms with Gasteiger partial charge in [0.15, 0.2) is 0 Å². The van der Waals surface area contributed by atoms with Crippen LogP contribution in [-0.2, 0) is 9.59 Å². The maximum atomic E-state index is 11.7. The highest BCUT2D eigenvalue weighted by atomic mass is 16.5. The van der Waals surface area contributed by atoms with Crippen molar-refractivity contribution in [3.63, 3.8) is 0 Å². The number of ether oxygens (including phenoxy) is 2. The van der Waals surface area contributed by atoms with Crippen LogP contribution in [0.5, 0.6) is 11.5 Å². The summed E-state index contributed by atoms with van der Waals surface area (Å²) >= 11 is 0. The minimum atomic E-state index is -0.524. The van der Waals surface area contributed by atoms with E-state index in [9.17, 15) is 9.59 Å². The standard InChI is InChI=1S/C48H40N2O4/c1-3-47(51)53-45-33-29-43(30-34-45)50(44-31-35-46(36-32-44)54-48(52)4-2)42-27-23-38(24-28-42)16-10-6-5-9-15-37-21-25-41(26-22-37)49(39-17-11-7-12-18-39)40-19-13-8-14-20-40/h3-4,7-36H,1-2,5-6H2/b15-9-,16-10+. The molecule has 0 unspecified atom stereocenters. The van der Waals surface area contributed by atoms with Gasteiger partial charge < -0.3 is 19.3 Å². The highest BCUT2D eigenvalue weighted by molar-refractivity contribution is 5.85. The molecule has 54 heavy (non-hydrogen) atoms. The lowest BCUT2D eigenvalue weighted by Crippen LogP contribution is -2.10. The molecule has 0 saturated heterocycles. The first-order valence-corrected chi connectivity index (χ1v) is 17.6. The van der Waals surface area contributed by atoms with Crippen molar-refractivity contribution in [2.45, 2.75) is 12.8 Å². The number of hydrogen-bond acceptors (Lipinski definition) is 6. The number of benzene rings is 6. The number of rotatable bonds is 15. The molecule has 6 aromatic carbocycles. The van der Waals surface area contributed by atoms with Crippen LogP contribution in [0, 0.1) is 0 Å². The van der Waals surface area contributed by atoms with E-state index in [1.807, 2.05) is 36.4 Å². The zero-order chi connectivity index (χ0) is 37.5. The molecule has 0 aliphatic carbocycles. The topological polar surface area (TPSA) is 59.1 Å². The number of carbonyl (C=O) groups is 2. The third-order valence-corrected chi connectivity index (χ3v) is 8.41. The molecule has 0 atom stereocenters. The quantitative estimate of drug-likeness (QED) is 0.0458. The van der Waals surface area contributed by atoms with Crippen LogP contribution in [-0.4, -0.2) is 11.9 Å². The van der Waals surface area contributed by atoms with Gasteiger partial charge in [-0.2, -0.15) is 0 Å². The van der Waals surface area contributed by atoms with Crippen molar-refractivity contribution in [1.29, 1.82) is 0 Å². The first-order valence-electron chi connectivity index (χ1n) is 17.6. The Bertz CT molecular complexity index is 2100. The number of allylic oxidation sites excluding steroid dienone is 2. The van der Waals surface area contributed by atoms with Crippen LogP contribution in [0.2, 0.25) is 0 Å². The predicted molar refractivity (Wildman–Crippen MR) is 221 cm³/mol. The van der Waals surface area contributed by atoms with E-state index in [1.54, 1.807) is 24.3 Å². The zero-order valence-electron chi connectivity index (χ0n) is 29.8. The maximum absolute atomic E-state index is 11.7. The van der Waals surface area contributed by atoms with Crippen LogP contribution in [0.25, 0.3) is 12.2 Å². The molecule has 0 saturated carbocycles. The highest BCUT2D eigenvalue weighted by Crippen LogP contribution is 2.37. The van der Waals surface area contributed by atoms with E-state index in [1.165, 1.54) is 0 Å². The minimum absolute atomic E-state index is 0.414. The summed E-state index contributed by atoms with van der Waals surface area (Å²) in [5.41, 5.74) is 8.19. The van der Waals surface area contributed by atoms with Gasteiger partial charge in [-0.1, -0.05) is 98.1 Å². The molecule has 6 heteroatoms. The number of para-hydroxylation sites is 2. The molecule has 0 amide bonds. The van der Waals surface area contributed by atoms with Gasteiger partial charge in [-0.15, -0.1) is 0 Å². The third-order valence-electron chi connectivity index (χ3n) is 8.41. The van der Waals surface area contributed by atoms with Crippen molar-refractivity contribution < 1.29 is 19.1 Å². The van der Waals surface area contributed by atoms with E-state index in [0.29, 0.717) is 11.5 Å². The van der Waals surface area contributed by atoms with Gasteiger partial charge in [-0.3, -0.25) is 0 Å². The molecule has 0 bridgehead atoms. The van der Waals surface area contributed by atoms with Gasteiger partial charge in [-0.25, -0.2) is 9.59 Å². The number of anilines is 6. The summed E-state index contributed by atoms with van der Waals surface area (Å²) in [6, 6.07) is 52.1. The van der Waals surface area contributed by atoms with Crippen molar-refractivity contribution in [2.75, 3.05) is 9.80 Å². The van der Waals surface area contributed by atoms with Gasteiger partial charge in [-0.05, 0) is 121 Å². The molecule has 0 aliphatic heterocycles. The van der Waals surface area contributed by atoms with Crippen LogP contribution in [0.15, 0.2) is 195 Å². The summed E-state index contributed by atoms with van der Waals surface area (Å²) in [6.07, 6.45) is 12.8. The molecular weight excluding hydrogens is 669 g/mol. The summed E-state index contributed by atoms with van der Waals surface area (Å²) in [6.45, 7) is 6.91. The fourth-order valence-electron chi connectivity index (χ4n) is 5.79. The van der Waals surface area contributed by atoms with E-state index in [-0.39, 0.29) is 0 Å². The number of unbranched alkanes of at least 4 members (excludes halogenated alkanes) is 1. The van der Waals surface area contributed by atoms with Gasteiger partial charge in [0.25, 0.3) is 0 Å². The predicted octanol–water partition coefficient (Wildman–Crippen LogP) is 12.3. The summed E-state index contributed by atoms with van der Waals surface area (Å²) in [7, 11) is 0. The largest absolute Gasteiger partial charge is 0.423 e. The van der Waals surface area contributed by atoms with Gasteiger partial charge in [0.2, 0.25) is 0 Å². The minimum Gasteiger partial charge on any atom is -0.423 e. The lowest BCUT2D eigenvalue weighted by Gasteiger charge is -2.26. The normalized spacial score (nSPS) is 10.9. The van der Waals surface area contributed by atoms with Crippen LogP contribution in [0.1, 0.15) is 24.0 Å². The first kappa shape index (κ1) is 36.6. The molecule has 6 aromatic rings. The van der Waals surface area contributed by atoms with E-state index < -0.39 is 11.9 Å².